The van der Waals surface area contributed by atoms with E-state index >= 15 is 0 Å². The number of nitrogens with two attached hydrogens (primary N) is 1. The molecule has 6 rings (SSSR count). The molecule has 2 aliphatic heterocycles. The van der Waals surface area contributed by atoms with Crippen LogP contribution in [0, 0.1) is 0 Å². The van der Waals surface area contributed by atoms with Gasteiger partial charge in [-0.25, -0.2) is 4.98 Å². The van der Waals surface area contributed by atoms with Crippen LogP contribution in [0.5, 0.6) is 0 Å². The zero-order valence-electron chi connectivity index (χ0n) is 18.3. The number of carbonyl (C=O) groups excluding carboxylic acids is 1. The van der Waals surface area contributed by atoms with E-state index in [4.69, 9.17) is 10.5 Å². The summed E-state index contributed by atoms with van der Waals surface area (Å²) >= 11 is 1.58. The molecule has 10 heteroatoms. The van der Waals surface area contributed by atoms with Crippen LogP contribution in [0.3, 0.4) is 0 Å². The van der Waals surface area contributed by atoms with E-state index in [0.29, 0.717) is 48.8 Å². The molecule has 1 unspecified atom stereocenters. The molecular weight excluding hydrogens is 477 g/mol. The molecular formula is C25H19F3N4O2S. The Bertz CT molecular complexity index is 1470. The maximum Gasteiger partial charge on any atom is 0.417 e. The third kappa shape index (κ3) is 3.64. The first kappa shape index (κ1) is 22.0. The minimum atomic E-state index is -4.48. The van der Waals surface area contributed by atoms with Crippen molar-refractivity contribution in [1.82, 2.24) is 14.9 Å². The van der Waals surface area contributed by atoms with Crippen molar-refractivity contribution in [3.63, 3.8) is 0 Å². The summed E-state index contributed by atoms with van der Waals surface area (Å²) in [6.07, 6.45) is -2.98. The molecule has 0 aliphatic carbocycles. The maximum absolute atomic E-state index is 13.8. The number of carbonyl (C=O) groups is 1. The molecule has 35 heavy (non-hydrogen) atoms. The lowest BCUT2D eigenvalue weighted by atomic mass is 9.95. The fraction of sp³-hybridized carbons (Fsp3) is 0.240. The average molecular weight is 497 g/mol. The zero-order chi connectivity index (χ0) is 24.3. The monoisotopic (exact) mass is 496 g/mol. The molecule has 3 aromatic heterocycles. The minimum absolute atomic E-state index is 0.222. The number of nitrogen functional groups attached to an aromatic ring is 1. The third-order valence-corrected chi connectivity index (χ3v) is 7.59. The predicted octanol–water partition coefficient (Wildman–Crippen LogP) is 5.11. The second-order valence-electron chi connectivity index (χ2n) is 8.60. The second kappa shape index (κ2) is 8.03. The molecule has 6 nitrogen and oxygen atoms in total. The standard InChI is InChI=1S/C25H19F3N4O2S/c26-25(27,28)14-2-4-20(30-10-14)22-15-6-8-35-21(15)5-7-32(22)24(33)13-1-3-19-16(9-13)17-11-34-12-18(17)23(29)31-19/h1-4,6,8-10,22H,5,7,11-12H2,(H2,29,31). The van der Waals surface area contributed by atoms with E-state index in [1.54, 1.807) is 34.4 Å². The quantitative estimate of drug-likeness (QED) is 0.417. The first-order valence-corrected chi connectivity index (χ1v) is 11.9. The fourth-order valence-electron chi connectivity index (χ4n) is 4.86. The number of thiophene rings is 1. The Morgan fingerprint density at radius 2 is 1.97 bits per heavy atom. The zero-order valence-corrected chi connectivity index (χ0v) is 19.1. The number of halogens is 3. The number of ether oxygens (including phenoxy) is 1. The number of rotatable bonds is 2. The van der Waals surface area contributed by atoms with Gasteiger partial charge in [-0.3, -0.25) is 9.78 Å². The van der Waals surface area contributed by atoms with Crippen LogP contribution in [-0.2, 0) is 30.5 Å². The number of alkyl halides is 3. The van der Waals surface area contributed by atoms with Crippen molar-refractivity contribution in [2.24, 2.45) is 0 Å². The Balaban J connectivity index is 1.41. The van der Waals surface area contributed by atoms with Gasteiger partial charge in [0.2, 0.25) is 0 Å². The molecule has 2 aliphatic rings. The second-order valence-corrected chi connectivity index (χ2v) is 9.60. The lowest BCUT2D eigenvalue weighted by Crippen LogP contribution is -2.40. The summed E-state index contributed by atoms with van der Waals surface area (Å²) in [6.45, 7) is 1.21. The van der Waals surface area contributed by atoms with Crippen molar-refractivity contribution in [3.05, 3.63) is 86.4 Å². The molecule has 1 amide bonds. The van der Waals surface area contributed by atoms with Gasteiger partial charge in [0.15, 0.2) is 0 Å². The summed E-state index contributed by atoms with van der Waals surface area (Å²) in [5.74, 6) is 0.207. The molecule has 178 valence electrons. The highest BCUT2D eigenvalue weighted by Gasteiger charge is 2.36. The minimum Gasteiger partial charge on any atom is -0.383 e. The van der Waals surface area contributed by atoms with Gasteiger partial charge in [-0.2, -0.15) is 13.2 Å². The number of hydrogen-bond donors (Lipinski definition) is 1. The number of amides is 1. The first-order valence-electron chi connectivity index (χ1n) is 11.0. The molecule has 1 aromatic carbocycles. The molecule has 0 saturated carbocycles. The smallest absolute Gasteiger partial charge is 0.383 e. The van der Waals surface area contributed by atoms with Gasteiger partial charge in [0, 0.05) is 34.1 Å². The van der Waals surface area contributed by atoms with Crippen LogP contribution in [0.25, 0.3) is 10.9 Å². The molecule has 4 aromatic rings. The van der Waals surface area contributed by atoms with Crippen LogP contribution < -0.4 is 5.73 Å². The van der Waals surface area contributed by atoms with E-state index in [1.807, 2.05) is 11.4 Å². The Hall–Kier alpha value is -3.50. The summed E-state index contributed by atoms with van der Waals surface area (Å²) in [5.41, 5.74) is 9.46. The van der Waals surface area contributed by atoms with Gasteiger partial charge in [-0.05, 0) is 59.3 Å². The molecule has 1 atom stereocenters. The number of benzene rings is 1. The van der Waals surface area contributed by atoms with Gasteiger partial charge in [0.25, 0.3) is 5.91 Å². The van der Waals surface area contributed by atoms with Crippen molar-refractivity contribution in [3.8, 4) is 0 Å². The van der Waals surface area contributed by atoms with Crippen molar-refractivity contribution < 1.29 is 22.7 Å². The number of hydrogen-bond acceptors (Lipinski definition) is 6. The Labute approximate surface area is 202 Å². The van der Waals surface area contributed by atoms with Crippen LogP contribution in [0.4, 0.5) is 19.0 Å². The molecule has 2 N–H and O–H groups in total. The van der Waals surface area contributed by atoms with Gasteiger partial charge in [-0.15, -0.1) is 11.3 Å². The predicted molar refractivity (Wildman–Crippen MR) is 125 cm³/mol. The van der Waals surface area contributed by atoms with Gasteiger partial charge in [0.05, 0.1) is 30.0 Å². The van der Waals surface area contributed by atoms with Crippen LogP contribution in [-0.4, -0.2) is 27.3 Å². The van der Waals surface area contributed by atoms with E-state index in [2.05, 4.69) is 9.97 Å². The number of anilines is 1. The van der Waals surface area contributed by atoms with Gasteiger partial charge < -0.3 is 15.4 Å². The highest BCUT2D eigenvalue weighted by Crippen LogP contribution is 2.39. The van der Waals surface area contributed by atoms with E-state index in [0.717, 1.165) is 39.2 Å². The van der Waals surface area contributed by atoms with Gasteiger partial charge in [-0.1, -0.05) is 0 Å². The largest absolute Gasteiger partial charge is 0.417 e. The van der Waals surface area contributed by atoms with Crippen molar-refractivity contribution in [2.45, 2.75) is 31.9 Å². The number of fused-ring (bicyclic) bond motifs is 4. The lowest BCUT2D eigenvalue weighted by Gasteiger charge is -2.36. The van der Waals surface area contributed by atoms with Crippen molar-refractivity contribution in [1.29, 1.82) is 0 Å². The molecule has 0 bridgehead atoms. The Morgan fingerprint density at radius 1 is 1.14 bits per heavy atom. The number of pyridine rings is 2. The first-order chi connectivity index (χ1) is 16.8. The molecule has 0 saturated heterocycles. The highest BCUT2D eigenvalue weighted by atomic mass is 32.1. The fourth-order valence-corrected chi connectivity index (χ4v) is 5.76. The summed E-state index contributed by atoms with van der Waals surface area (Å²) in [4.78, 5) is 25.2. The van der Waals surface area contributed by atoms with Crippen molar-refractivity contribution in [2.75, 3.05) is 12.3 Å². The van der Waals surface area contributed by atoms with Crippen molar-refractivity contribution >= 4 is 34.0 Å². The normalized spacial score (nSPS) is 17.5. The van der Waals surface area contributed by atoms with Gasteiger partial charge >= 0.3 is 6.18 Å². The highest BCUT2D eigenvalue weighted by molar-refractivity contribution is 7.10. The van der Waals surface area contributed by atoms with Crippen LogP contribution in [0.2, 0.25) is 0 Å². The summed E-state index contributed by atoms with van der Waals surface area (Å²) in [7, 11) is 0. The van der Waals surface area contributed by atoms with E-state index in [9.17, 15) is 18.0 Å². The summed E-state index contributed by atoms with van der Waals surface area (Å²) < 4.78 is 44.9. The van der Waals surface area contributed by atoms with Crippen LogP contribution >= 0.6 is 11.3 Å². The molecule has 0 fully saturated rings. The number of nitrogens with zero attached hydrogens (tertiary/aromatic N) is 3. The third-order valence-electron chi connectivity index (χ3n) is 6.60. The molecule has 5 heterocycles. The van der Waals surface area contributed by atoms with Crippen LogP contribution in [0.15, 0.2) is 48.0 Å². The van der Waals surface area contributed by atoms with Crippen LogP contribution in [0.1, 0.15) is 49.2 Å². The Morgan fingerprint density at radius 3 is 2.74 bits per heavy atom. The SMILES string of the molecule is Nc1nc2ccc(C(=O)N3CCc4sccc4C3c3ccc(C(F)(F)F)cn3)cc2c2c1COC2. The van der Waals surface area contributed by atoms with E-state index in [-0.39, 0.29) is 5.91 Å². The maximum atomic E-state index is 13.8. The molecule has 0 radical (unpaired) electrons. The molecule has 0 spiro atoms. The summed E-state index contributed by atoms with van der Waals surface area (Å²) in [5, 5.41) is 2.75. The Kier molecular flexibility index (Phi) is 5.05. The topological polar surface area (TPSA) is 81.3 Å². The van der Waals surface area contributed by atoms with E-state index < -0.39 is 17.8 Å². The average Bonchev–Trinajstić information content (AvgIpc) is 3.53. The number of aromatic nitrogens is 2. The summed E-state index contributed by atoms with van der Waals surface area (Å²) in [6, 6.07) is 8.99. The van der Waals surface area contributed by atoms with E-state index in [1.165, 1.54) is 6.07 Å². The van der Waals surface area contributed by atoms with Gasteiger partial charge in [0.1, 0.15) is 11.9 Å². The lowest BCUT2D eigenvalue weighted by molar-refractivity contribution is -0.137.